The van der Waals surface area contributed by atoms with Crippen molar-refractivity contribution in [2.24, 2.45) is 11.8 Å². The molecule has 1 aliphatic rings. The SMILES string of the molecule is CCC(C)[C@H](NC(=O)C1CCN(S(=O)(=O)c2ccccc2)CC1)C(=O)O. The minimum absolute atomic E-state index is 0.171. The molecule has 1 aromatic rings. The van der Waals surface area contributed by atoms with E-state index in [1.807, 2.05) is 6.92 Å². The number of hydrogen-bond acceptors (Lipinski definition) is 4. The summed E-state index contributed by atoms with van der Waals surface area (Å²) in [4.78, 5) is 24.0. The summed E-state index contributed by atoms with van der Waals surface area (Å²) < 4.78 is 26.6. The van der Waals surface area contributed by atoms with E-state index in [2.05, 4.69) is 5.32 Å². The lowest BCUT2D eigenvalue weighted by molar-refractivity contribution is -0.144. The third-order valence-electron chi connectivity index (χ3n) is 4.98. The number of carbonyl (C=O) groups excluding carboxylic acids is 1. The van der Waals surface area contributed by atoms with Crippen molar-refractivity contribution in [3.63, 3.8) is 0 Å². The molecule has 8 heteroatoms. The highest BCUT2D eigenvalue weighted by Gasteiger charge is 2.34. The van der Waals surface area contributed by atoms with Crippen LogP contribution >= 0.6 is 0 Å². The monoisotopic (exact) mass is 382 g/mol. The Balaban J connectivity index is 1.97. The van der Waals surface area contributed by atoms with Gasteiger partial charge in [-0.1, -0.05) is 38.5 Å². The van der Waals surface area contributed by atoms with Crippen LogP contribution in [-0.2, 0) is 19.6 Å². The number of carbonyl (C=O) groups is 2. The first kappa shape index (κ1) is 20.4. The minimum Gasteiger partial charge on any atom is -0.480 e. The Morgan fingerprint density at radius 1 is 1.23 bits per heavy atom. The predicted molar refractivity (Wildman–Crippen MR) is 96.9 cm³/mol. The maximum atomic E-state index is 12.6. The molecule has 1 fully saturated rings. The van der Waals surface area contributed by atoms with Gasteiger partial charge in [0.05, 0.1) is 4.90 Å². The summed E-state index contributed by atoms with van der Waals surface area (Å²) in [6, 6.07) is 7.29. The van der Waals surface area contributed by atoms with Gasteiger partial charge in [-0.15, -0.1) is 0 Å². The zero-order valence-corrected chi connectivity index (χ0v) is 15.9. The minimum atomic E-state index is -3.56. The van der Waals surface area contributed by atoms with E-state index in [9.17, 15) is 23.1 Å². The smallest absolute Gasteiger partial charge is 0.326 e. The van der Waals surface area contributed by atoms with Gasteiger partial charge in [-0.25, -0.2) is 13.2 Å². The molecule has 0 spiro atoms. The van der Waals surface area contributed by atoms with Crippen molar-refractivity contribution in [1.82, 2.24) is 9.62 Å². The molecule has 0 aromatic heterocycles. The molecule has 0 aliphatic carbocycles. The Kier molecular flexibility index (Phi) is 6.77. The van der Waals surface area contributed by atoms with Gasteiger partial charge in [0.1, 0.15) is 6.04 Å². The first-order valence-corrected chi connectivity index (χ1v) is 10.3. The van der Waals surface area contributed by atoms with Crippen LogP contribution in [-0.4, -0.2) is 48.8 Å². The molecule has 1 aliphatic heterocycles. The van der Waals surface area contributed by atoms with E-state index < -0.39 is 22.0 Å². The predicted octanol–water partition coefficient (Wildman–Crippen LogP) is 1.70. The van der Waals surface area contributed by atoms with Crippen molar-refractivity contribution >= 4 is 21.9 Å². The molecule has 1 aromatic carbocycles. The third-order valence-corrected chi connectivity index (χ3v) is 6.90. The van der Waals surface area contributed by atoms with Crippen LogP contribution in [0.1, 0.15) is 33.1 Å². The molecule has 2 N–H and O–H groups in total. The van der Waals surface area contributed by atoms with E-state index in [4.69, 9.17) is 0 Å². The molecule has 1 heterocycles. The Labute approximate surface area is 154 Å². The van der Waals surface area contributed by atoms with Crippen LogP contribution in [0.15, 0.2) is 35.2 Å². The summed E-state index contributed by atoms with van der Waals surface area (Å²) in [5.74, 6) is -1.90. The number of rotatable bonds is 7. The van der Waals surface area contributed by atoms with Gasteiger partial charge in [-0.05, 0) is 30.9 Å². The second-order valence-corrected chi connectivity index (χ2v) is 8.64. The number of sulfonamides is 1. The summed E-state index contributed by atoms with van der Waals surface area (Å²) in [6.45, 7) is 4.15. The Bertz CT molecular complexity index is 727. The molecule has 1 unspecified atom stereocenters. The lowest BCUT2D eigenvalue weighted by Gasteiger charge is -2.31. The quantitative estimate of drug-likeness (QED) is 0.747. The summed E-state index contributed by atoms with van der Waals surface area (Å²) in [7, 11) is -3.56. The van der Waals surface area contributed by atoms with Crippen LogP contribution in [0.5, 0.6) is 0 Å². The molecule has 0 bridgehead atoms. The van der Waals surface area contributed by atoms with Crippen molar-refractivity contribution in [2.45, 2.75) is 44.0 Å². The number of hydrogen-bond donors (Lipinski definition) is 2. The van der Waals surface area contributed by atoms with Gasteiger partial charge in [-0.3, -0.25) is 4.79 Å². The van der Waals surface area contributed by atoms with E-state index in [1.165, 1.54) is 4.31 Å². The molecule has 1 saturated heterocycles. The topological polar surface area (TPSA) is 104 Å². The second-order valence-electron chi connectivity index (χ2n) is 6.70. The standard InChI is InChI=1S/C18H26N2O5S/c1-3-13(2)16(18(22)23)19-17(21)14-9-11-20(12-10-14)26(24,25)15-7-5-4-6-8-15/h4-8,13-14,16H,3,9-12H2,1-2H3,(H,19,21)(H,22,23)/t13?,16-/m0/s1. The Morgan fingerprint density at radius 3 is 2.31 bits per heavy atom. The fourth-order valence-corrected chi connectivity index (χ4v) is 4.54. The fourth-order valence-electron chi connectivity index (χ4n) is 3.05. The average Bonchev–Trinajstić information content (AvgIpc) is 2.65. The highest BCUT2D eigenvalue weighted by atomic mass is 32.2. The lowest BCUT2D eigenvalue weighted by atomic mass is 9.94. The number of amides is 1. The molecule has 7 nitrogen and oxygen atoms in total. The number of nitrogens with one attached hydrogen (secondary N) is 1. The summed E-state index contributed by atoms with van der Waals surface area (Å²) in [5.41, 5.74) is 0. The summed E-state index contributed by atoms with van der Waals surface area (Å²) in [6.07, 6.45) is 1.40. The second kappa shape index (κ2) is 8.64. The highest BCUT2D eigenvalue weighted by Crippen LogP contribution is 2.24. The number of benzene rings is 1. The average molecular weight is 382 g/mol. The van der Waals surface area contributed by atoms with Crippen LogP contribution in [0.2, 0.25) is 0 Å². The van der Waals surface area contributed by atoms with Crippen molar-refractivity contribution < 1.29 is 23.1 Å². The number of piperidine rings is 1. The summed E-state index contributed by atoms with van der Waals surface area (Å²) >= 11 is 0. The molecule has 144 valence electrons. The van der Waals surface area contributed by atoms with E-state index in [-0.39, 0.29) is 35.7 Å². The van der Waals surface area contributed by atoms with Gasteiger partial charge in [0.25, 0.3) is 0 Å². The molecular formula is C18H26N2O5S. The zero-order chi connectivity index (χ0) is 19.3. The van der Waals surface area contributed by atoms with Crippen LogP contribution in [0, 0.1) is 11.8 Å². The maximum Gasteiger partial charge on any atom is 0.326 e. The first-order chi connectivity index (χ1) is 12.3. The normalized spacial score (nSPS) is 18.8. The van der Waals surface area contributed by atoms with Crippen molar-refractivity contribution in [3.8, 4) is 0 Å². The van der Waals surface area contributed by atoms with Crippen LogP contribution < -0.4 is 5.32 Å². The summed E-state index contributed by atoms with van der Waals surface area (Å²) in [5, 5.41) is 11.9. The van der Waals surface area contributed by atoms with Gasteiger partial charge < -0.3 is 10.4 Å². The Hall–Kier alpha value is -1.93. The van der Waals surface area contributed by atoms with Gasteiger partial charge >= 0.3 is 5.97 Å². The largest absolute Gasteiger partial charge is 0.480 e. The van der Waals surface area contributed by atoms with Gasteiger partial charge in [0, 0.05) is 19.0 Å². The number of carboxylic acids is 1. The third kappa shape index (κ3) is 4.62. The maximum absolute atomic E-state index is 12.6. The van der Waals surface area contributed by atoms with E-state index in [0.29, 0.717) is 19.3 Å². The fraction of sp³-hybridized carbons (Fsp3) is 0.556. The molecule has 0 saturated carbocycles. The molecular weight excluding hydrogens is 356 g/mol. The van der Waals surface area contributed by atoms with E-state index in [0.717, 1.165) is 0 Å². The number of carboxylic acid groups (broad SMARTS) is 1. The van der Waals surface area contributed by atoms with Gasteiger partial charge in [-0.2, -0.15) is 4.31 Å². The van der Waals surface area contributed by atoms with Crippen LogP contribution in [0.4, 0.5) is 0 Å². The van der Waals surface area contributed by atoms with E-state index >= 15 is 0 Å². The van der Waals surface area contributed by atoms with Crippen LogP contribution in [0.25, 0.3) is 0 Å². The molecule has 2 rings (SSSR count). The van der Waals surface area contributed by atoms with Crippen molar-refractivity contribution in [3.05, 3.63) is 30.3 Å². The van der Waals surface area contributed by atoms with Crippen molar-refractivity contribution in [2.75, 3.05) is 13.1 Å². The number of nitrogens with zero attached hydrogens (tertiary/aromatic N) is 1. The van der Waals surface area contributed by atoms with Crippen molar-refractivity contribution in [1.29, 1.82) is 0 Å². The van der Waals surface area contributed by atoms with Gasteiger partial charge in [0.2, 0.25) is 15.9 Å². The highest BCUT2D eigenvalue weighted by molar-refractivity contribution is 7.89. The molecule has 26 heavy (non-hydrogen) atoms. The first-order valence-electron chi connectivity index (χ1n) is 8.85. The van der Waals surface area contributed by atoms with Gasteiger partial charge in [0.15, 0.2) is 0 Å². The Morgan fingerprint density at radius 2 is 1.81 bits per heavy atom. The lowest BCUT2D eigenvalue weighted by Crippen LogP contribution is -2.49. The molecule has 1 amide bonds. The zero-order valence-electron chi connectivity index (χ0n) is 15.1. The van der Waals surface area contributed by atoms with Crippen LogP contribution in [0.3, 0.4) is 0 Å². The number of aliphatic carboxylic acids is 1. The molecule has 2 atom stereocenters. The van der Waals surface area contributed by atoms with E-state index in [1.54, 1.807) is 37.3 Å². The molecule has 0 radical (unpaired) electrons.